The van der Waals surface area contributed by atoms with E-state index in [1.165, 1.54) is 32.1 Å². The summed E-state index contributed by atoms with van der Waals surface area (Å²) in [5.41, 5.74) is 0. The lowest BCUT2D eigenvalue weighted by Crippen LogP contribution is -2.14. The Labute approximate surface area is 80.3 Å². The first-order chi connectivity index (χ1) is 6.22. The first-order valence-electron chi connectivity index (χ1n) is 5.44. The van der Waals surface area contributed by atoms with E-state index in [1.807, 2.05) is 0 Å². The molecule has 0 atom stereocenters. The Morgan fingerprint density at radius 1 is 1.23 bits per heavy atom. The molecule has 2 heteroatoms. The summed E-state index contributed by atoms with van der Waals surface area (Å²) in [6, 6.07) is 0. The maximum atomic E-state index is 10.4. The van der Waals surface area contributed by atoms with Crippen molar-refractivity contribution in [3.05, 3.63) is 0 Å². The summed E-state index contributed by atoms with van der Waals surface area (Å²) in [5.74, 6) is 0.970. The highest BCUT2D eigenvalue weighted by molar-refractivity contribution is 5.66. The summed E-state index contributed by atoms with van der Waals surface area (Å²) in [7, 11) is 0. The summed E-state index contributed by atoms with van der Waals surface area (Å²) >= 11 is 0. The maximum Gasteiger partial charge on any atom is 0.303 e. The van der Waals surface area contributed by atoms with Crippen LogP contribution in [0.2, 0.25) is 0 Å². The van der Waals surface area contributed by atoms with Crippen molar-refractivity contribution in [2.75, 3.05) is 0 Å². The van der Waals surface area contributed by atoms with Crippen LogP contribution in [0, 0.1) is 11.8 Å². The van der Waals surface area contributed by atoms with E-state index in [-0.39, 0.29) is 0 Å². The monoisotopic (exact) mass is 184 g/mol. The Hall–Kier alpha value is -0.530. The van der Waals surface area contributed by atoms with Crippen molar-refractivity contribution in [1.29, 1.82) is 0 Å². The number of hydrogen-bond donors (Lipinski definition) is 1. The van der Waals surface area contributed by atoms with E-state index in [0.29, 0.717) is 12.3 Å². The lowest BCUT2D eigenvalue weighted by molar-refractivity contribution is -0.137. The summed E-state index contributed by atoms with van der Waals surface area (Å²) < 4.78 is 0. The minimum Gasteiger partial charge on any atom is -0.481 e. The molecular formula is C11H20O2. The van der Waals surface area contributed by atoms with Gasteiger partial charge in [0.05, 0.1) is 0 Å². The SMILES string of the molecule is CCC1CCC(CCC(=O)O)CC1. The highest BCUT2D eigenvalue weighted by atomic mass is 16.4. The van der Waals surface area contributed by atoms with Crippen LogP contribution in [0.3, 0.4) is 0 Å². The zero-order chi connectivity index (χ0) is 9.68. The number of carbonyl (C=O) groups is 1. The van der Waals surface area contributed by atoms with E-state index in [4.69, 9.17) is 5.11 Å². The summed E-state index contributed by atoms with van der Waals surface area (Å²) in [6.45, 7) is 2.25. The molecule has 1 aliphatic rings. The summed E-state index contributed by atoms with van der Waals surface area (Å²) in [4.78, 5) is 10.4. The van der Waals surface area contributed by atoms with Gasteiger partial charge >= 0.3 is 5.97 Å². The average Bonchev–Trinajstić information content (AvgIpc) is 2.15. The molecule has 0 spiro atoms. The van der Waals surface area contributed by atoms with Crippen molar-refractivity contribution in [2.45, 2.75) is 51.9 Å². The van der Waals surface area contributed by atoms with Crippen LogP contribution in [0.5, 0.6) is 0 Å². The molecule has 0 saturated heterocycles. The van der Waals surface area contributed by atoms with Crippen LogP contribution in [-0.2, 0) is 4.79 Å². The van der Waals surface area contributed by atoms with Gasteiger partial charge in [0.25, 0.3) is 0 Å². The normalized spacial score (nSPS) is 28.7. The lowest BCUT2D eigenvalue weighted by atomic mass is 9.79. The van der Waals surface area contributed by atoms with Gasteiger partial charge < -0.3 is 5.11 Å². The zero-order valence-corrected chi connectivity index (χ0v) is 8.46. The third-order valence-electron chi connectivity index (χ3n) is 3.31. The number of carboxylic acid groups (broad SMARTS) is 1. The first kappa shape index (κ1) is 10.6. The van der Waals surface area contributed by atoms with Crippen LogP contribution < -0.4 is 0 Å². The third-order valence-corrected chi connectivity index (χ3v) is 3.31. The molecule has 0 aliphatic heterocycles. The number of aliphatic carboxylic acids is 1. The molecule has 0 radical (unpaired) electrons. The predicted molar refractivity (Wildman–Crippen MR) is 52.6 cm³/mol. The quantitative estimate of drug-likeness (QED) is 0.729. The van der Waals surface area contributed by atoms with E-state index < -0.39 is 5.97 Å². The van der Waals surface area contributed by atoms with Crippen molar-refractivity contribution in [3.63, 3.8) is 0 Å². The smallest absolute Gasteiger partial charge is 0.303 e. The highest BCUT2D eigenvalue weighted by Gasteiger charge is 2.20. The summed E-state index contributed by atoms with van der Waals surface area (Å²) in [6.07, 6.45) is 7.71. The molecule has 0 aromatic rings. The van der Waals surface area contributed by atoms with Crippen LogP contribution in [0.15, 0.2) is 0 Å². The van der Waals surface area contributed by atoms with Gasteiger partial charge in [-0.15, -0.1) is 0 Å². The molecule has 0 bridgehead atoms. The molecule has 0 aromatic heterocycles. The van der Waals surface area contributed by atoms with Gasteiger partial charge in [-0.2, -0.15) is 0 Å². The molecule has 1 rings (SSSR count). The van der Waals surface area contributed by atoms with E-state index in [0.717, 1.165) is 12.3 Å². The number of hydrogen-bond acceptors (Lipinski definition) is 1. The highest BCUT2D eigenvalue weighted by Crippen LogP contribution is 2.32. The lowest BCUT2D eigenvalue weighted by Gasteiger charge is -2.27. The van der Waals surface area contributed by atoms with Gasteiger partial charge in [0.1, 0.15) is 0 Å². The fourth-order valence-corrected chi connectivity index (χ4v) is 2.26. The van der Waals surface area contributed by atoms with E-state index >= 15 is 0 Å². The summed E-state index contributed by atoms with van der Waals surface area (Å²) in [5, 5.41) is 8.54. The molecule has 0 unspecified atom stereocenters. The van der Waals surface area contributed by atoms with Crippen molar-refractivity contribution in [3.8, 4) is 0 Å². The van der Waals surface area contributed by atoms with Crippen molar-refractivity contribution < 1.29 is 9.90 Å². The number of rotatable bonds is 4. The maximum absolute atomic E-state index is 10.4. The van der Waals surface area contributed by atoms with Crippen molar-refractivity contribution in [2.24, 2.45) is 11.8 Å². The average molecular weight is 184 g/mol. The van der Waals surface area contributed by atoms with E-state index in [9.17, 15) is 4.79 Å². The van der Waals surface area contributed by atoms with Gasteiger partial charge in [0, 0.05) is 6.42 Å². The van der Waals surface area contributed by atoms with Crippen LogP contribution >= 0.6 is 0 Å². The second kappa shape index (κ2) is 5.25. The van der Waals surface area contributed by atoms with Crippen molar-refractivity contribution >= 4 is 5.97 Å². The van der Waals surface area contributed by atoms with E-state index in [2.05, 4.69) is 6.92 Å². The molecule has 13 heavy (non-hydrogen) atoms. The topological polar surface area (TPSA) is 37.3 Å². The minimum absolute atomic E-state index is 0.363. The van der Waals surface area contributed by atoms with Crippen LogP contribution in [0.25, 0.3) is 0 Å². The molecule has 0 heterocycles. The molecular weight excluding hydrogens is 164 g/mol. The standard InChI is InChI=1S/C11H20O2/c1-2-9-3-5-10(6-4-9)7-8-11(12)13/h9-10H,2-8H2,1H3,(H,12,13). The Morgan fingerprint density at radius 2 is 1.77 bits per heavy atom. The van der Waals surface area contributed by atoms with E-state index in [1.54, 1.807) is 0 Å². The Kier molecular flexibility index (Phi) is 4.26. The predicted octanol–water partition coefficient (Wildman–Crippen LogP) is 3.07. The van der Waals surface area contributed by atoms with Crippen LogP contribution in [0.4, 0.5) is 0 Å². The van der Waals surface area contributed by atoms with Crippen molar-refractivity contribution in [1.82, 2.24) is 0 Å². The Bertz CT molecular complexity index is 157. The molecule has 2 nitrogen and oxygen atoms in total. The largest absolute Gasteiger partial charge is 0.481 e. The first-order valence-corrected chi connectivity index (χ1v) is 5.44. The molecule has 1 saturated carbocycles. The van der Waals surface area contributed by atoms with Gasteiger partial charge in [0.15, 0.2) is 0 Å². The van der Waals surface area contributed by atoms with Gasteiger partial charge in [0.2, 0.25) is 0 Å². The van der Waals surface area contributed by atoms with Gasteiger partial charge in [-0.05, 0) is 18.3 Å². The fourth-order valence-electron chi connectivity index (χ4n) is 2.26. The number of carboxylic acids is 1. The van der Waals surface area contributed by atoms with Gasteiger partial charge in [-0.25, -0.2) is 0 Å². The zero-order valence-electron chi connectivity index (χ0n) is 8.46. The molecule has 1 fully saturated rings. The fraction of sp³-hybridized carbons (Fsp3) is 0.909. The molecule has 0 amide bonds. The Morgan fingerprint density at radius 3 is 2.23 bits per heavy atom. The second-order valence-corrected chi connectivity index (χ2v) is 4.23. The second-order valence-electron chi connectivity index (χ2n) is 4.23. The molecule has 76 valence electrons. The third kappa shape index (κ3) is 3.79. The minimum atomic E-state index is -0.641. The van der Waals surface area contributed by atoms with Crippen LogP contribution in [0.1, 0.15) is 51.9 Å². The van der Waals surface area contributed by atoms with Gasteiger partial charge in [-0.3, -0.25) is 4.79 Å². The Balaban J connectivity index is 2.14. The molecule has 1 aliphatic carbocycles. The van der Waals surface area contributed by atoms with Crippen LogP contribution in [-0.4, -0.2) is 11.1 Å². The molecule has 1 N–H and O–H groups in total. The van der Waals surface area contributed by atoms with Gasteiger partial charge in [-0.1, -0.05) is 39.0 Å². The molecule has 0 aromatic carbocycles.